The van der Waals surface area contributed by atoms with Gasteiger partial charge in [0, 0.05) is 0 Å². The number of anilines is 2. The van der Waals surface area contributed by atoms with Crippen LogP contribution in [-0.4, -0.2) is 20.5 Å². The van der Waals surface area contributed by atoms with Crippen LogP contribution in [0.15, 0.2) is 41.4 Å². The zero-order valence-corrected chi connectivity index (χ0v) is 11.9. The molecule has 106 valence electrons. The SMILES string of the molecule is COc1ccc(S(=O)(=O)Nc2cc(C)c(N)cn2)cc1. The van der Waals surface area contributed by atoms with E-state index in [0.29, 0.717) is 11.4 Å². The van der Waals surface area contributed by atoms with E-state index < -0.39 is 10.0 Å². The molecular weight excluding hydrogens is 278 g/mol. The molecule has 0 amide bonds. The first kappa shape index (κ1) is 14.1. The van der Waals surface area contributed by atoms with Crippen molar-refractivity contribution in [3.05, 3.63) is 42.1 Å². The van der Waals surface area contributed by atoms with E-state index in [9.17, 15) is 8.42 Å². The van der Waals surface area contributed by atoms with Crippen LogP contribution in [-0.2, 0) is 10.0 Å². The van der Waals surface area contributed by atoms with E-state index in [1.165, 1.54) is 25.4 Å². The molecule has 3 N–H and O–H groups in total. The van der Waals surface area contributed by atoms with Crippen molar-refractivity contribution in [3.63, 3.8) is 0 Å². The number of benzene rings is 1. The van der Waals surface area contributed by atoms with Gasteiger partial charge in [0.05, 0.1) is 23.9 Å². The zero-order valence-electron chi connectivity index (χ0n) is 11.1. The van der Waals surface area contributed by atoms with Gasteiger partial charge in [0.15, 0.2) is 0 Å². The normalized spacial score (nSPS) is 11.1. The predicted molar refractivity (Wildman–Crippen MR) is 77.2 cm³/mol. The van der Waals surface area contributed by atoms with Gasteiger partial charge in [0.2, 0.25) is 0 Å². The monoisotopic (exact) mass is 293 g/mol. The molecule has 2 aromatic rings. The molecule has 0 saturated carbocycles. The molecule has 6 nitrogen and oxygen atoms in total. The molecule has 0 fully saturated rings. The van der Waals surface area contributed by atoms with Crippen LogP contribution >= 0.6 is 0 Å². The summed E-state index contributed by atoms with van der Waals surface area (Å²) in [5, 5.41) is 0. The predicted octanol–water partition coefficient (Wildman–Crippen LogP) is 1.78. The highest BCUT2D eigenvalue weighted by Crippen LogP contribution is 2.19. The number of methoxy groups -OCH3 is 1. The third-order valence-corrected chi connectivity index (χ3v) is 4.13. The minimum Gasteiger partial charge on any atom is -0.497 e. The average Bonchev–Trinajstić information content (AvgIpc) is 2.43. The smallest absolute Gasteiger partial charge is 0.263 e. The van der Waals surface area contributed by atoms with E-state index in [-0.39, 0.29) is 10.7 Å². The molecule has 20 heavy (non-hydrogen) atoms. The highest BCUT2D eigenvalue weighted by molar-refractivity contribution is 7.92. The van der Waals surface area contributed by atoms with E-state index in [1.54, 1.807) is 25.1 Å². The van der Waals surface area contributed by atoms with E-state index in [2.05, 4.69) is 9.71 Å². The molecule has 0 aliphatic carbocycles. The van der Waals surface area contributed by atoms with Crippen molar-refractivity contribution in [2.75, 3.05) is 17.6 Å². The topological polar surface area (TPSA) is 94.3 Å². The average molecular weight is 293 g/mol. The van der Waals surface area contributed by atoms with Crippen molar-refractivity contribution in [2.45, 2.75) is 11.8 Å². The third-order valence-electron chi connectivity index (χ3n) is 2.76. The number of nitrogens with two attached hydrogens (primary N) is 1. The summed E-state index contributed by atoms with van der Waals surface area (Å²) < 4.78 is 31.7. The maximum absolute atomic E-state index is 12.2. The fourth-order valence-electron chi connectivity index (χ4n) is 1.57. The van der Waals surface area contributed by atoms with Crippen LogP contribution < -0.4 is 15.2 Å². The molecule has 2 rings (SSSR count). The second kappa shape index (κ2) is 5.38. The molecule has 0 aliphatic heterocycles. The summed E-state index contributed by atoms with van der Waals surface area (Å²) in [4.78, 5) is 4.08. The summed E-state index contributed by atoms with van der Waals surface area (Å²) in [5.74, 6) is 0.818. The van der Waals surface area contributed by atoms with Gasteiger partial charge in [0.1, 0.15) is 11.6 Å². The lowest BCUT2D eigenvalue weighted by atomic mass is 10.2. The number of aromatic nitrogens is 1. The number of aryl methyl sites for hydroxylation is 1. The lowest BCUT2D eigenvalue weighted by molar-refractivity contribution is 0.414. The molecule has 0 saturated heterocycles. The Morgan fingerprint density at radius 1 is 1.25 bits per heavy atom. The van der Waals surface area contributed by atoms with Crippen molar-refractivity contribution in [2.24, 2.45) is 0 Å². The lowest BCUT2D eigenvalue weighted by Gasteiger charge is -2.09. The fraction of sp³-hybridized carbons (Fsp3) is 0.154. The number of sulfonamides is 1. The Hall–Kier alpha value is -2.28. The zero-order chi connectivity index (χ0) is 14.8. The molecule has 1 aromatic heterocycles. The van der Waals surface area contributed by atoms with E-state index in [4.69, 9.17) is 10.5 Å². The largest absolute Gasteiger partial charge is 0.497 e. The molecule has 0 atom stereocenters. The van der Waals surface area contributed by atoms with Gasteiger partial charge < -0.3 is 10.5 Å². The van der Waals surface area contributed by atoms with Crippen LogP contribution in [0, 0.1) is 6.92 Å². The highest BCUT2D eigenvalue weighted by Gasteiger charge is 2.15. The molecule has 1 heterocycles. The third kappa shape index (κ3) is 3.00. The number of rotatable bonds is 4. The van der Waals surface area contributed by atoms with Crippen molar-refractivity contribution in [1.29, 1.82) is 0 Å². The Labute approximate surface area is 117 Å². The van der Waals surface area contributed by atoms with Crippen LogP contribution in [0.25, 0.3) is 0 Å². The van der Waals surface area contributed by atoms with Gasteiger partial charge in [-0.1, -0.05) is 0 Å². The quantitative estimate of drug-likeness (QED) is 0.896. The number of nitrogens with one attached hydrogen (secondary N) is 1. The summed E-state index contributed by atoms with van der Waals surface area (Å²) in [5.41, 5.74) is 6.91. The summed E-state index contributed by atoms with van der Waals surface area (Å²) in [6, 6.07) is 7.67. The molecular formula is C13H15N3O3S. The molecule has 1 aromatic carbocycles. The van der Waals surface area contributed by atoms with Crippen molar-refractivity contribution in [1.82, 2.24) is 4.98 Å². The van der Waals surface area contributed by atoms with Crippen LogP contribution in [0.5, 0.6) is 5.75 Å². The second-order valence-electron chi connectivity index (χ2n) is 4.21. The maximum atomic E-state index is 12.2. The number of pyridine rings is 1. The highest BCUT2D eigenvalue weighted by atomic mass is 32.2. The van der Waals surface area contributed by atoms with Gasteiger partial charge in [-0.05, 0) is 42.8 Å². The molecule has 0 spiro atoms. The van der Waals surface area contributed by atoms with Gasteiger partial charge in [-0.25, -0.2) is 13.4 Å². The molecule has 0 bridgehead atoms. The first-order chi connectivity index (χ1) is 9.42. The van der Waals surface area contributed by atoms with Crippen molar-refractivity contribution >= 4 is 21.5 Å². The first-order valence-electron chi connectivity index (χ1n) is 5.81. The van der Waals surface area contributed by atoms with Crippen LogP contribution in [0.1, 0.15) is 5.56 Å². The summed E-state index contributed by atoms with van der Waals surface area (Å²) >= 11 is 0. The minimum absolute atomic E-state index is 0.134. The first-order valence-corrected chi connectivity index (χ1v) is 7.29. The van der Waals surface area contributed by atoms with Gasteiger partial charge in [0.25, 0.3) is 10.0 Å². The van der Waals surface area contributed by atoms with Gasteiger partial charge in [-0.3, -0.25) is 4.72 Å². The number of ether oxygens (including phenoxy) is 1. The number of hydrogen-bond acceptors (Lipinski definition) is 5. The maximum Gasteiger partial charge on any atom is 0.263 e. The summed E-state index contributed by atoms with van der Waals surface area (Å²) in [6.07, 6.45) is 1.42. The molecule has 7 heteroatoms. The minimum atomic E-state index is -3.68. The second-order valence-corrected chi connectivity index (χ2v) is 5.89. The molecule has 0 aliphatic rings. The van der Waals surface area contributed by atoms with Crippen LogP contribution in [0.3, 0.4) is 0 Å². The van der Waals surface area contributed by atoms with Crippen molar-refractivity contribution < 1.29 is 13.2 Å². The van der Waals surface area contributed by atoms with Gasteiger partial charge in [-0.15, -0.1) is 0 Å². The molecule has 0 unspecified atom stereocenters. The summed E-state index contributed by atoms with van der Waals surface area (Å²) in [6.45, 7) is 1.78. The molecule has 0 radical (unpaired) electrons. The fourth-order valence-corrected chi connectivity index (χ4v) is 2.57. The Balaban J connectivity index is 2.27. The standard InChI is InChI=1S/C13H15N3O3S/c1-9-7-13(15-8-12(9)14)16-20(17,18)11-5-3-10(19-2)4-6-11/h3-8H,14H2,1-2H3,(H,15,16). The number of hydrogen-bond donors (Lipinski definition) is 2. The number of nitrogen functional groups attached to an aromatic ring is 1. The Kier molecular flexibility index (Phi) is 3.80. The number of nitrogens with zero attached hydrogens (tertiary/aromatic N) is 1. The van der Waals surface area contributed by atoms with Crippen LogP contribution in [0.2, 0.25) is 0 Å². The Morgan fingerprint density at radius 3 is 2.45 bits per heavy atom. The lowest BCUT2D eigenvalue weighted by Crippen LogP contribution is -2.14. The van der Waals surface area contributed by atoms with Gasteiger partial charge >= 0.3 is 0 Å². The Morgan fingerprint density at radius 2 is 1.90 bits per heavy atom. The Bertz CT molecular complexity index is 712. The van der Waals surface area contributed by atoms with E-state index >= 15 is 0 Å². The van der Waals surface area contributed by atoms with E-state index in [0.717, 1.165) is 5.56 Å². The van der Waals surface area contributed by atoms with Crippen molar-refractivity contribution in [3.8, 4) is 5.75 Å². The summed E-state index contributed by atoms with van der Waals surface area (Å²) in [7, 11) is -2.16. The van der Waals surface area contributed by atoms with E-state index in [1.807, 2.05) is 0 Å². The van der Waals surface area contributed by atoms with Gasteiger partial charge in [-0.2, -0.15) is 0 Å². The van der Waals surface area contributed by atoms with Crippen LogP contribution in [0.4, 0.5) is 11.5 Å².